The van der Waals surface area contributed by atoms with E-state index in [1.165, 1.54) is 6.07 Å². The lowest BCUT2D eigenvalue weighted by atomic mass is 10.4. The monoisotopic (exact) mass is 200 g/mol. The molecule has 0 saturated carbocycles. The first kappa shape index (κ1) is 10.7. The first-order chi connectivity index (χ1) is 6.74. The third-order valence-electron chi connectivity index (χ3n) is 1.61. The molecule has 1 N–H and O–H groups in total. The molecule has 0 aromatic carbocycles. The molecular formula is C8H12N2O4. The van der Waals surface area contributed by atoms with E-state index in [1.807, 2.05) is 0 Å². The molecule has 1 aromatic heterocycles. The van der Waals surface area contributed by atoms with E-state index in [4.69, 9.17) is 9.15 Å². The molecule has 6 heteroatoms. The van der Waals surface area contributed by atoms with Gasteiger partial charge in [0.25, 0.3) is 0 Å². The van der Waals surface area contributed by atoms with Crippen LogP contribution < -0.4 is 5.32 Å². The Morgan fingerprint density at radius 2 is 2.43 bits per heavy atom. The predicted molar refractivity (Wildman–Crippen MR) is 48.9 cm³/mol. The first-order valence-corrected chi connectivity index (χ1v) is 4.17. The summed E-state index contributed by atoms with van der Waals surface area (Å²) in [4.78, 5) is 9.71. The lowest BCUT2D eigenvalue weighted by Gasteiger charge is -1.99. The third kappa shape index (κ3) is 3.15. The van der Waals surface area contributed by atoms with E-state index in [2.05, 4.69) is 5.32 Å². The summed E-state index contributed by atoms with van der Waals surface area (Å²) < 4.78 is 9.74. The Kier molecular flexibility index (Phi) is 4.09. The van der Waals surface area contributed by atoms with Gasteiger partial charge in [-0.2, -0.15) is 0 Å². The predicted octanol–water partition coefficient (Wildman–Crippen LogP) is 0.924. The van der Waals surface area contributed by atoms with E-state index >= 15 is 0 Å². The standard InChI is InChI=1S/C8H12N2O4/c1-13-5-4-9-6-7-2-3-8(14-7)10(11)12/h2-3,9H,4-6H2,1H3. The Bertz CT molecular complexity index is 297. The molecule has 0 aliphatic heterocycles. The minimum absolute atomic E-state index is 0.228. The maximum Gasteiger partial charge on any atom is 0.433 e. The van der Waals surface area contributed by atoms with Gasteiger partial charge in [0, 0.05) is 13.7 Å². The summed E-state index contributed by atoms with van der Waals surface area (Å²) in [6.45, 7) is 1.75. The molecule has 0 saturated heterocycles. The number of hydrogen-bond donors (Lipinski definition) is 1. The van der Waals surface area contributed by atoms with Crippen molar-refractivity contribution in [1.29, 1.82) is 0 Å². The van der Waals surface area contributed by atoms with Gasteiger partial charge in [0.05, 0.1) is 19.2 Å². The van der Waals surface area contributed by atoms with Gasteiger partial charge in [-0.15, -0.1) is 0 Å². The van der Waals surface area contributed by atoms with Crippen LogP contribution in [0, 0.1) is 10.1 Å². The number of nitrogens with one attached hydrogen (secondary N) is 1. The first-order valence-electron chi connectivity index (χ1n) is 4.17. The van der Waals surface area contributed by atoms with Crippen molar-refractivity contribution in [2.24, 2.45) is 0 Å². The van der Waals surface area contributed by atoms with Gasteiger partial charge in [0.15, 0.2) is 0 Å². The molecule has 78 valence electrons. The summed E-state index contributed by atoms with van der Waals surface area (Å²) in [5, 5.41) is 13.3. The highest BCUT2D eigenvalue weighted by molar-refractivity contribution is 5.17. The number of nitrogens with zero attached hydrogens (tertiary/aromatic N) is 1. The normalized spacial score (nSPS) is 10.4. The van der Waals surface area contributed by atoms with Gasteiger partial charge in [-0.05, 0) is 6.07 Å². The molecule has 0 amide bonds. The second kappa shape index (κ2) is 5.36. The Morgan fingerprint density at radius 3 is 3.00 bits per heavy atom. The van der Waals surface area contributed by atoms with Crippen molar-refractivity contribution in [3.05, 3.63) is 28.0 Å². The highest BCUT2D eigenvalue weighted by atomic mass is 16.6. The number of furan rings is 1. The Hall–Kier alpha value is -1.40. The molecular weight excluding hydrogens is 188 g/mol. The van der Waals surface area contributed by atoms with E-state index in [1.54, 1.807) is 13.2 Å². The summed E-state index contributed by atoms with van der Waals surface area (Å²) in [6, 6.07) is 2.92. The largest absolute Gasteiger partial charge is 0.433 e. The molecule has 1 heterocycles. The Morgan fingerprint density at radius 1 is 1.64 bits per heavy atom. The molecule has 0 bridgehead atoms. The van der Waals surface area contributed by atoms with Crippen molar-refractivity contribution in [2.75, 3.05) is 20.3 Å². The molecule has 0 aliphatic rings. The number of nitro groups is 1. The lowest BCUT2D eigenvalue weighted by Crippen LogP contribution is -2.18. The highest BCUT2D eigenvalue weighted by Crippen LogP contribution is 2.14. The molecule has 1 rings (SSSR count). The molecule has 0 spiro atoms. The number of ether oxygens (including phenoxy) is 1. The second-order valence-electron chi connectivity index (χ2n) is 2.67. The van der Waals surface area contributed by atoms with Gasteiger partial charge in [0.2, 0.25) is 0 Å². The van der Waals surface area contributed by atoms with Crippen LogP contribution in [0.3, 0.4) is 0 Å². The SMILES string of the molecule is COCCNCc1ccc([N+](=O)[O-])o1. The van der Waals surface area contributed by atoms with E-state index in [0.29, 0.717) is 25.5 Å². The summed E-state index contributed by atoms with van der Waals surface area (Å²) in [6.07, 6.45) is 0. The molecule has 1 aromatic rings. The second-order valence-corrected chi connectivity index (χ2v) is 2.67. The smallest absolute Gasteiger partial charge is 0.404 e. The maximum atomic E-state index is 10.3. The van der Waals surface area contributed by atoms with Crippen molar-refractivity contribution in [2.45, 2.75) is 6.54 Å². The van der Waals surface area contributed by atoms with Gasteiger partial charge in [-0.25, -0.2) is 0 Å². The number of hydrogen-bond acceptors (Lipinski definition) is 5. The van der Waals surface area contributed by atoms with Crippen LogP contribution in [0.15, 0.2) is 16.5 Å². The summed E-state index contributed by atoms with van der Waals surface area (Å²) in [5.41, 5.74) is 0. The van der Waals surface area contributed by atoms with Crippen LogP contribution in [0.25, 0.3) is 0 Å². The zero-order valence-electron chi connectivity index (χ0n) is 7.86. The summed E-state index contributed by atoms with van der Waals surface area (Å²) in [7, 11) is 1.61. The van der Waals surface area contributed by atoms with Gasteiger partial charge in [-0.3, -0.25) is 10.1 Å². The summed E-state index contributed by atoms with van der Waals surface area (Å²) in [5.74, 6) is 0.321. The minimum atomic E-state index is -0.557. The Labute approximate surface area is 81.0 Å². The maximum absolute atomic E-state index is 10.3. The quantitative estimate of drug-likeness (QED) is 0.419. The van der Waals surface area contributed by atoms with Crippen LogP contribution in [0.2, 0.25) is 0 Å². The van der Waals surface area contributed by atoms with E-state index in [9.17, 15) is 10.1 Å². The zero-order chi connectivity index (χ0) is 10.4. The molecule has 6 nitrogen and oxygen atoms in total. The summed E-state index contributed by atoms with van der Waals surface area (Å²) >= 11 is 0. The fourth-order valence-electron chi connectivity index (χ4n) is 0.946. The van der Waals surface area contributed by atoms with Crippen LogP contribution in [0.1, 0.15) is 5.76 Å². The van der Waals surface area contributed by atoms with Gasteiger partial charge >= 0.3 is 5.88 Å². The van der Waals surface area contributed by atoms with Crippen molar-refractivity contribution < 1.29 is 14.1 Å². The van der Waals surface area contributed by atoms with Crippen LogP contribution in [-0.2, 0) is 11.3 Å². The fraction of sp³-hybridized carbons (Fsp3) is 0.500. The number of rotatable bonds is 6. The van der Waals surface area contributed by atoms with Crippen molar-refractivity contribution in [1.82, 2.24) is 5.32 Å². The lowest BCUT2D eigenvalue weighted by molar-refractivity contribution is -0.402. The average Bonchev–Trinajstić information content (AvgIpc) is 2.61. The van der Waals surface area contributed by atoms with Crippen LogP contribution in [0.5, 0.6) is 0 Å². The van der Waals surface area contributed by atoms with Gasteiger partial charge in [-0.1, -0.05) is 0 Å². The van der Waals surface area contributed by atoms with Crippen molar-refractivity contribution >= 4 is 5.88 Å². The van der Waals surface area contributed by atoms with E-state index in [0.717, 1.165) is 0 Å². The van der Waals surface area contributed by atoms with Crippen molar-refractivity contribution in [3.8, 4) is 0 Å². The Balaban J connectivity index is 2.33. The molecule has 0 aliphatic carbocycles. The fourth-order valence-corrected chi connectivity index (χ4v) is 0.946. The van der Waals surface area contributed by atoms with Crippen LogP contribution in [0.4, 0.5) is 5.88 Å². The zero-order valence-corrected chi connectivity index (χ0v) is 7.86. The highest BCUT2D eigenvalue weighted by Gasteiger charge is 2.10. The third-order valence-corrected chi connectivity index (χ3v) is 1.61. The topological polar surface area (TPSA) is 77.5 Å². The average molecular weight is 200 g/mol. The molecule has 0 unspecified atom stereocenters. The van der Waals surface area contributed by atoms with Crippen LogP contribution in [-0.4, -0.2) is 25.2 Å². The minimum Gasteiger partial charge on any atom is -0.404 e. The molecule has 0 atom stereocenters. The van der Waals surface area contributed by atoms with E-state index < -0.39 is 4.92 Å². The van der Waals surface area contributed by atoms with Gasteiger partial charge < -0.3 is 14.5 Å². The number of methoxy groups -OCH3 is 1. The van der Waals surface area contributed by atoms with Gasteiger partial charge in [0.1, 0.15) is 10.7 Å². The molecule has 0 radical (unpaired) electrons. The molecule has 0 fully saturated rings. The van der Waals surface area contributed by atoms with Crippen molar-refractivity contribution in [3.63, 3.8) is 0 Å². The van der Waals surface area contributed by atoms with E-state index in [-0.39, 0.29) is 5.88 Å². The van der Waals surface area contributed by atoms with Crippen LogP contribution >= 0.6 is 0 Å². The molecule has 14 heavy (non-hydrogen) atoms.